The van der Waals surface area contributed by atoms with Crippen LogP contribution in [0.2, 0.25) is 5.02 Å². The Kier molecular flexibility index (Phi) is 7.15. The minimum atomic E-state index is -0.311. The summed E-state index contributed by atoms with van der Waals surface area (Å²) in [5, 5.41) is 7.49. The van der Waals surface area contributed by atoms with E-state index in [0.717, 1.165) is 37.4 Å². The van der Waals surface area contributed by atoms with Crippen molar-refractivity contribution in [2.75, 3.05) is 36.4 Å². The number of nitrogens with zero attached hydrogens (tertiary/aromatic N) is 5. The van der Waals surface area contributed by atoms with E-state index in [1.165, 1.54) is 6.07 Å². The highest BCUT2D eigenvalue weighted by molar-refractivity contribution is 6.33. The Hall–Kier alpha value is -4.34. The Balaban J connectivity index is 1.32. The normalized spacial score (nSPS) is 13.5. The lowest BCUT2D eigenvalue weighted by Gasteiger charge is -2.29. The number of rotatable bonds is 6. The van der Waals surface area contributed by atoms with Crippen molar-refractivity contribution < 1.29 is 4.39 Å². The van der Waals surface area contributed by atoms with Gasteiger partial charge < -0.3 is 15.5 Å². The van der Waals surface area contributed by atoms with E-state index < -0.39 is 0 Å². The molecule has 8 nitrogen and oxygen atoms in total. The van der Waals surface area contributed by atoms with Gasteiger partial charge in [-0.3, -0.25) is 14.3 Å². The molecule has 2 aromatic carbocycles. The summed E-state index contributed by atoms with van der Waals surface area (Å²) in [5.74, 6) is -0.0392. The van der Waals surface area contributed by atoms with Crippen molar-refractivity contribution in [3.63, 3.8) is 0 Å². The van der Waals surface area contributed by atoms with E-state index in [9.17, 15) is 9.18 Å². The average molecular weight is 556 g/mol. The number of hydrogen-bond acceptors (Lipinski definition) is 7. The van der Waals surface area contributed by atoms with E-state index in [1.807, 2.05) is 48.2 Å². The molecular formula is C30H27ClFN7O. The highest BCUT2D eigenvalue weighted by atomic mass is 35.5. The lowest BCUT2D eigenvalue weighted by Crippen LogP contribution is -2.43. The Morgan fingerprint density at radius 2 is 1.88 bits per heavy atom. The van der Waals surface area contributed by atoms with Crippen LogP contribution >= 0.6 is 11.6 Å². The summed E-state index contributed by atoms with van der Waals surface area (Å²) >= 11 is 6.67. The maximum absolute atomic E-state index is 14.9. The first kappa shape index (κ1) is 25.9. The van der Waals surface area contributed by atoms with Crippen molar-refractivity contribution in [1.29, 1.82) is 0 Å². The fraction of sp³-hybridized carbons (Fsp3) is 0.200. The molecule has 1 saturated heterocycles. The molecule has 2 N–H and O–H groups in total. The van der Waals surface area contributed by atoms with Gasteiger partial charge in [0.15, 0.2) is 0 Å². The molecule has 0 aliphatic carbocycles. The molecule has 1 aliphatic rings. The van der Waals surface area contributed by atoms with Crippen molar-refractivity contribution in [2.24, 2.45) is 0 Å². The average Bonchev–Trinajstić information content (AvgIpc) is 2.98. The minimum Gasteiger partial charge on any atom is -0.367 e. The summed E-state index contributed by atoms with van der Waals surface area (Å²) in [4.78, 5) is 29.0. The Morgan fingerprint density at radius 3 is 2.60 bits per heavy atom. The lowest BCUT2D eigenvalue weighted by atomic mass is 10.0. The second kappa shape index (κ2) is 11.0. The van der Waals surface area contributed by atoms with Crippen LogP contribution < -0.4 is 21.1 Å². The number of aryl methyl sites for hydroxylation is 1. The van der Waals surface area contributed by atoms with Crippen LogP contribution in [0.25, 0.3) is 33.4 Å². The van der Waals surface area contributed by atoms with Crippen molar-refractivity contribution >= 4 is 40.0 Å². The van der Waals surface area contributed by atoms with Crippen molar-refractivity contribution in [1.82, 2.24) is 24.8 Å². The van der Waals surface area contributed by atoms with Gasteiger partial charge in [-0.25, -0.2) is 9.37 Å². The Labute approximate surface area is 235 Å². The Bertz CT molecular complexity index is 1750. The summed E-state index contributed by atoms with van der Waals surface area (Å²) in [7, 11) is 0. The van der Waals surface area contributed by atoms with Gasteiger partial charge in [0.25, 0.3) is 5.56 Å². The second-order valence-corrected chi connectivity index (χ2v) is 9.93. The number of fused-ring (bicyclic) bond motifs is 1. The van der Waals surface area contributed by atoms with Crippen molar-refractivity contribution in [2.45, 2.75) is 13.5 Å². The molecule has 202 valence electrons. The zero-order valence-corrected chi connectivity index (χ0v) is 22.6. The zero-order valence-electron chi connectivity index (χ0n) is 21.9. The van der Waals surface area contributed by atoms with Crippen LogP contribution in [0.1, 0.15) is 6.92 Å². The number of hydrogen-bond donors (Lipinski definition) is 2. The number of piperazine rings is 1. The van der Waals surface area contributed by atoms with E-state index >= 15 is 0 Å². The number of halogens is 2. The quantitative estimate of drug-likeness (QED) is 0.286. The van der Waals surface area contributed by atoms with Crippen LogP contribution in [0, 0.1) is 5.82 Å². The molecule has 40 heavy (non-hydrogen) atoms. The van der Waals surface area contributed by atoms with Crippen LogP contribution in [0.3, 0.4) is 0 Å². The summed E-state index contributed by atoms with van der Waals surface area (Å²) in [6.45, 7) is 5.45. The summed E-state index contributed by atoms with van der Waals surface area (Å²) < 4.78 is 16.5. The van der Waals surface area contributed by atoms with Crippen LogP contribution in [0.5, 0.6) is 0 Å². The fourth-order valence-corrected chi connectivity index (χ4v) is 5.29. The van der Waals surface area contributed by atoms with Crippen LogP contribution in [-0.2, 0) is 6.54 Å². The van der Waals surface area contributed by atoms with Crippen LogP contribution in [0.4, 0.5) is 21.7 Å². The number of nitrogens with one attached hydrogen (secondary N) is 2. The van der Waals surface area contributed by atoms with E-state index in [0.29, 0.717) is 45.1 Å². The predicted octanol–water partition coefficient (Wildman–Crippen LogP) is 5.49. The lowest BCUT2D eigenvalue weighted by molar-refractivity contribution is 0.566. The van der Waals surface area contributed by atoms with E-state index in [4.69, 9.17) is 11.6 Å². The maximum atomic E-state index is 14.9. The van der Waals surface area contributed by atoms with Gasteiger partial charge in [-0.1, -0.05) is 29.8 Å². The molecule has 0 unspecified atom stereocenters. The molecule has 0 radical (unpaired) electrons. The van der Waals surface area contributed by atoms with E-state index in [1.54, 1.807) is 35.2 Å². The standard InChI is InChI=1S/C30H27ClFN7O/c1-2-39-28-20(15-23(29(39)40)22-8-6-19(16-24(22)31)26-5-3-4-10-34-26)18-35-30(37-28)36-21-7-9-27(25(32)17-21)38-13-11-33-12-14-38/h3-10,15-18,33H,2,11-14H2,1H3,(H,35,36,37). The molecule has 0 atom stereocenters. The first-order valence-corrected chi connectivity index (χ1v) is 13.5. The third kappa shape index (κ3) is 5.01. The maximum Gasteiger partial charge on any atom is 0.260 e. The smallest absolute Gasteiger partial charge is 0.260 e. The molecule has 10 heteroatoms. The summed E-state index contributed by atoms with van der Waals surface area (Å²) in [6.07, 6.45) is 3.38. The third-order valence-electron chi connectivity index (χ3n) is 7.02. The van der Waals surface area contributed by atoms with Crippen LogP contribution in [-0.4, -0.2) is 45.7 Å². The number of aromatic nitrogens is 4. The molecule has 0 saturated carbocycles. The molecule has 0 spiro atoms. The van der Waals surface area contributed by atoms with E-state index in [2.05, 4.69) is 25.6 Å². The van der Waals surface area contributed by atoms with Gasteiger partial charge in [-0.2, -0.15) is 4.98 Å². The summed E-state index contributed by atoms with van der Waals surface area (Å²) in [5.41, 5.74) is 4.11. The van der Waals surface area contributed by atoms with Gasteiger partial charge >= 0.3 is 0 Å². The van der Waals surface area contributed by atoms with Crippen LogP contribution in [0.15, 0.2) is 77.9 Å². The highest BCUT2D eigenvalue weighted by Crippen LogP contribution is 2.32. The van der Waals surface area contributed by atoms with Gasteiger partial charge in [0, 0.05) is 77.9 Å². The fourth-order valence-electron chi connectivity index (χ4n) is 5.01. The first-order valence-electron chi connectivity index (χ1n) is 13.2. The zero-order chi connectivity index (χ0) is 27.6. The molecule has 0 bridgehead atoms. The highest BCUT2D eigenvalue weighted by Gasteiger charge is 2.17. The SMILES string of the molecule is CCn1c(=O)c(-c2ccc(-c3ccccn3)cc2Cl)cc2cnc(Nc3ccc(N4CCNCC4)c(F)c3)nc21. The van der Waals surface area contributed by atoms with Gasteiger partial charge in [-0.05, 0) is 49.4 Å². The largest absolute Gasteiger partial charge is 0.367 e. The number of benzene rings is 2. The van der Waals surface area contributed by atoms with Gasteiger partial charge in [0.05, 0.1) is 11.4 Å². The predicted molar refractivity (Wildman–Crippen MR) is 158 cm³/mol. The monoisotopic (exact) mass is 555 g/mol. The molecule has 1 aliphatic heterocycles. The number of pyridine rings is 2. The van der Waals surface area contributed by atoms with Crippen molar-refractivity contribution in [3.05, 3.63) is 94.3 Å². The minimum absolute atomic E-state index is 0.210. The molecular weight excluding hydrogens is 529 g/mol. The van der Waals surface area contributed by atoms with Crippen molar-refractivity contribution in [3.8, 4) is 22.4 Å². The molecule has 4 heterocycles. The molecule has 0 amide bonds. The number of anilines is 3. The van der Waals surface area contributed by atoms with Gasteiger partial charge in [0.1, 0.15) is 11.5 Å². The van der Waals surface area contributed by atoms with E-state index in [-0.39, 0.29) is 17.3 Å². The molecule has 1 fully saturated rings. The molecule has 6 rings (SSSR count). The second-order valence-electron chi connectivity index (χ2n) is 9.52. The summed E-state index contributed by atoms with van der Waals surface area (Å²) in [6, 6.07) is 18.0. The molecule has 5 aromatic rings. The van der Waals surface area contributed by atoms with Gasteiger partial charge in [0.2, 0.25) is 5.95 Å². The molecule has 3 aromatic heterocycles. The Morgan fingerprint density at radius 1 is 1.02 bits per heavy atom. The first-order chi connectivity index (χ1) is 19.5. The third-order valence-corrected chi connectivity index (χ3v) is 7.34. The topological polar surface area (TPSA) is 88.0 Å². The van der Waals surface area contributed by atoms with Gasteiger partial charge in [-0.15, -0.1) is 0 Å².